The number of hydrogen-bond donors (Lipinski definition) is 1. The molecule has 0 fully saturated rings. The van der Waals surface area contributed by atoms with Crippen molar-refractivity contribution in [1.82, 2.24) is 0 Å². The molecule has 4 nitrogen and oxygen atoms in total. The Balaban J connectivity index is 2.06. The van der Waals surface area contributed by atoms with Crippen molar-refractivity contribution < 1.29 is 19.1 Å². The molecule has 1 aromatic heterocycles. The summed E-state index contributed by atoms with van der Waals surface area (Å²) < 4.78 is 10.7. The lowest BCUT2D eigenvalue weighted by molar-refractivity contribution is 0.0658. The van der Waals surface area contributed by atoms with Gasteiger partial charge in [0.15, 0.2) is 0 Å². The van der Waals surface area contributed by atoms with Gasteiger partial charge in [-0.3, -0.25) is 0 Å². The second kappa shape index (κ2) is 4.96. The first-order valence-electron chi connectivity index (χ1n) is 5.58. The van der Waals surface area contributed by atoms with Gasteiger partial charge in [0.25, 0.3) is 0 Å². The van der Waals surface area contributed by atoms with E-state index in [0.29, 0.717) is 5.76 Å². The highest BCUT2D eigenvalue weighted by molar-refractivity contribution is 5.84. The predicted octanol–water partition coefficient (Wildman–Crippen LogP) is 3.17. The van der Waals surface area contributed by atoms with Gasteiger partial charge in [-0.05, 0) is 43.2 Å². The molecule has 2 aromatic rings. The van der Waals surface area contributed by atoms with E-state index in [9.17, 15) is 4.79 Å². The lowest BCUT2D eigenvalue weighted by Gasteiger charge is -2.08. The molecular weight excluding hydrogens is 232 g/mol. The van der Waals surface area contributed by atoms with Gasteiger partial charge in [0, 0.05) is 0 Å². The molecule has 0 atom stereocenters. The number of aryl methyl sites for hydroxylation is 2. The average Bonchev–Trinajstić information content (AvgIpc) is 2.79. The van der Waals surface area contributed by atoms with Crippen LogP contribution in [0, 0.1) is 13.8 Å². The first-order chi connectivity index (χ1) is 8.56. The Bertz CT molecular complexity index is 569. The highest BCUT2D eigenvalue weighted by atomic mass is 16.5. The number of carbonyl (C=O) groups is 1. The third-order valence-corrected chi connectivity index (χ3v) is 2.59. The van der Waals surface area contributed by atoms with Gasteiger partial charge < -0.3 is 14.3 Å². The molecule has 2 rings (SSSR count). The van der Waals surface area contributed by atoms with Crippen LogP contribution in [0.4, 0.5) is 0 Å². The average molecular weight is 246 g/mol. The van der Waals surface area contributed by atoms with Crippen molar-refractivity contribution in [3.63, 3.8) is 0 Å². The van der Waals surface area contributed by atoms with E-state index in [1.165, 1.54) is 6.07 Å². The van der Waals surface area contributed by atoms with Crippen LogP contribution in [0.15, 0.2) is 34.7 Å². The monoisotopic (exact) mass is 246 g/mol. The molecule has 0 unspecified atom stereocenters. The van der Waals surface area contributed by atoms with Crippen LogP contribution in [-0.4, -0.2) is 11.1 Å². The van der Waals surface area contributed by atoms with E-state index in [4.69, 9.17) is 14.3 Å². The summed E-state index contributed by atoms with van der Waals surface area (Å²) in [5.74, 6) is 0.124. The summed E-state index contributed by atoms with van der Waals surface area (Å²) in [5, 5.41) is 8.73. The Morgan fingerprint density at radius 3 is 2.72 bits per heavy atom. The zero-order chi connectivity index (χ0) is 13.1. The first kappa shape index (κ1) is 12.2. The van der Waals surface area contributed by atoms with Crippen molar-refractivity contribution >= 4 is 5.97 Å². The Labute approximate surface area is 105 Å². The molecule has 4 heteroatoms. The van der Waals surface area contributed by atoms with Gasteiger partial charge in [0.2, 0.25) is 5.76 Å². The van der Waals surface area contributed by atoms with Gasteiger partial charge in [-0.1, -0.05) is 12.1 Å². The minimum absolute atomic E-state index is 0.0745. The smallest absolute Gasteiger partial charge is 0.371 e. The second-order valence-electron chi connectivity index (χ2n) is 4.13. The van der Waals surface area contributed by atoms with Gasteiger partial charge >= 0.3 is 5.97 Å². The van der Waals surface area contributed by atoms with E-state index in [2.05, 4.69) is 0 Å². The van der Waals surface area contributed by atoms with Crippen molar-refractivity contribution in [2.24, 2.45) is 0 Å². The summed E-state index contributed by atoms with van der Waals surface area (Å²) in [6.07, 6.45) is 0. The number of hydrogen-bond acceptors (Lipinski definition) is 3. The maximum Gasteiger partial charge on any atom is 0.371 e. The van der Waals surface area contributed by atoms with Crippen LogP contribution in [0.25, 0.3) is 0 Å². The van der Waals surface area contributed by atoms with Gasteiger partial charge in [-0.15, -0.1) is 0 Å². The van der Waals surface area contributed by atoms with Crippen LogP contribution in [0.5, 0.6) is 5.75 Å². The zero-order valence-corrected chi connectivity index (χ0v) is 10.3. The standard InChI is InChI=1S/C14H14O4/c1-9-3-4-10(2)13(7-9)17-8-11-5-6-12(18-11)14(15)16/h3-7H,8H2,1-2H3,(H,15,16). The van der Waals surface area contributed by atoms with Crippen LogP contribution in [0.1, 0.15) is 27.4 Å². The van der Waals surface area contributed by atoms with E-state index in [0.717, 1.165) is 16.9 Å². The quantitative estimate of drug-likeness (QED) is 0.900. The maximum atomic E-state index is 10.7. The Morgan fingerprint density at radius 2 is 2.06 bits per heavy atom. The molecule has 94 valence electrons. The fraction of sp³-hybridized carbons (Fsp3) is 0.214. The second-order valence-corrected chi connectivity index (χ2v) is 4.13. The van der Waals surface area contributed by atoms with Crippen LogP contribution < -0.4 is 4.74 Å². The number of furan rings is 1. The molecular formula is C14H14O4. The maximum absolute atomic E-state index is 10.7. The zero-order valence-electron chi connectivity index (χ0n) is 10.3. The van der Waals surface area contributed by atoms with Gasteiger partial charge in [-0.25, -0.2) is 4.79 Å². The number of rotatable bonds is 4. The lowest BCUT2D eigenvalue weighted by Crippen LogP contribution is -1.97. The molecule has 0 saturated carbocycles. The third-order valence-electron chi connectivity index (χ3n) is 2.59. The molecule has 0 aliphatic carbocycles. The van der Waals surface area contributed by atoms with Gasteiger partial charge in [0.05, 0.1) is 0 Å². The fourth-order valence-corrected chi connectivity index (χ4v) is 1.58. The SMILES string of the molecule is Cc1ccc(C)c(OCc2ccc(C(=O)O)o2)c1. The number of benzene rings is 1. The van der Waals surface area contributed by atoms with Crippen LogP contribution in [0.3, 0.4) is 0 Å². The van der Waals surface area contributed by atoms with E-state index in [-0.39, 0.29) is 12.4 Å². The molecule has 0 amide bonds. The van der Waals surface area contributed by atoms with E-state index in [1.807, 2.05) is 32.0 Å². The van der Waals surface area contributed by atoms with Gasteiger partial charge in [-0.2, -0.15) is 0 Å². The molecule has 0 bridgehead atoms. The van der Waals surface area contributed by atoms with Crippen molar-refractivity contribution in [2.45, 2.75) is 20.5 Å². The molecule has 0 aliphatic heterocycles. The number of ether oxygens (including phenoxy) is 1. The normalized spacial score (nSPS) is 10.3. The molecule has 0 radical (unpaired) electrons. The molecule has 0 aliphatic rings. The van der Waals surface area contributed by atoms with Crippen LogP contribution in [-0.2, 0) is 6.61 Å². The van der Waals surface area contributed by atoms with Crippen LogP contribution in [0.2, 0.25) is 0 Å². The number of carboxylic acid groups (broad SMARTS) is 1. The van der Waals surface area contributed by atoms with Gasteiger partial charge in [0.1, 0.15) is 18.1 Å². The summed E-state index contributed by atoms with van der Waals surface area (Å²) in [5.41, 5.74) is 2.15. The van der Waals surface area contributed by atoms with E-state index in [1.54, 1.807) is 6.07 Å². The Morgan fingerprint density at radius 1 is 1.28 bits per heavy atom. The summed E-state index contributed by atoms with van der Waals surface area (Å²) in [6.45, 7) is 4.17. The Hall–Kier alpha value is -2.23. The van der Waals surface area contributed by atoms with Crippen molar-refractivity contribution in [3.8, 4) is 5.75 Å². The minimum atomic E-state index is -1.08. The first-order valence-corrected chi connectivity index (χ1v) is 5.58. The van der Waals surface area contributed by atoms with Crippen molar-refractivity contribution in [2.75, 3.05) is 0 Å². The predicted molar refractivity (Wildman–Crippen MR) is 65.9 cm³/mol. The lowest BCUT2D eigenvalue weighted by atomic mass is 10.1. The summed E-state index contributed by atoms with van der Waals surface area (Å²) >= 11 is 0. The highest BCUT2D eigenvalue weighted by Crippen LogP contribution is 2.20. The van der Waals surface area contributed by atoms with Crippen LogP contribution >= 0.6 is 0 Å². The summed E-state index contributed by atoms with van der Waals surface area (Å²) in [4.78, 5) is 10.7. The molecule has 1 N–H and O–H groups in total. The van der Waals surface area contributed by atoms with E-state index < -0.39 is 5.97 Å². The summed E-state index contributed by atoms with van der Waals surface area (Å²) in [6, 6.07) is 8.96. The van der Waals surface area contributed by atoms with Crippen molar-refractivity contribution in [1.29, 1.82) is 0 Å². The minimum Gasteiger partial charge on any atom is -0.485 e. The number of carboxylic acids is 1. The molecule has 18 heavy (non-hydrogen) atoms. The molecule has 1 aromatic carbocycles. The topological polar surface area (TPSA) is 59.7 Å². The van der Waals surface area contributed by atoms with E-state index >= 15 is 0 Å². The highest BCUT2D eigenvalue weighted by Gasteiger charge is 2.09. The molecule has 0 saturated heterocycles. The Kier molecular flexibility index (Phi) is 3.37. The molecule has 1 heterocycles. The third kappa shape index (κ3) is 2.71. The molecule has 0 spiro atoms. The number of aromatic carboxylic acids is 1. The van der Waals surface area contributed by atoms with Crippen molar-refractivity contribution in [3.05, 3.63) is 53.0 Å². The fourth-order valence-electron chi connectivity index (χ4n) is 1.58. The largest absolute Gasteiger partial charge is 0.485 e. The summed E-state index contributed by atoms with van der Waals surface area (Å²) in [7, 11) is 0.